The lowest BCUT2D eigenvalue weighted by molar-refractivity contribution is 0.134. The Bertz CT molecular complexity index is 1010. The maximum atomic E-state index is 14.6. The van der Waals surface area contributed by atoms with E-state index in [-0.39, 0.29) is 30.1 Å². The van der Waals surface area contributed by atoms with E-state index in [0.29, 0.717) is 35.2 Å². The van der Waals surface area contributed by atoms with E-state index in [1.54, 1.807) is 6.07 Å². The minimum atomic E-state index is -1.22. The van der Waals surface area contributed by atoms with E-state index in [1.165, 1.54) is 17.8 Å². The molecule has 2 fully saturated rings. The van der Waals surface area contributed by atoms with Gasteiger partial charge >= 0.3 is 6.09 Å². The maximum Gasteiger partial charge on any atom is 0.407 e. The number of anilines is 1. The summed E-state index contributed by atoms with van der Waals surface area (Å²) < 4.78 is 28.7. The first-order valence-corrected chi connectivity index (χ1v) is 11.7. The monoisotopic (exact) mass is 452 g/mol. The molecule has 1 saturated carbocycles. The summed E-state index contributed by atoms with van der Waals surface area (Å²) in [4.78, 5) is 31.8. The molecule has 0 spiro atoms. The van der Waals surface area contributed by atoms with E-state index in [1.807, 2.05) is 0 Å². The molecule has 1 aliphatic carbocycles. The molecule has 31 heavy (non-hydrogen) atoms. The average Bonchev–Trinajstić information content (AvgIpc) is 3.13. The fourth-order valence-corrected chi connectivity index (χ4v) is 5.51. The van der Waals surface area contributed by atoms with Crippen LogP contribution in [-0.4, -0.2) is 56.6 Å². The number of hydrogen-bond donors (Lipinski definition) is 3. The maximum absolute atomic E-state index is 14.6. The zero-order chi connectivity index (χ0) is 22.0. The number of likely N-dealkylation sites (tertiary alicyclic amines) is 1. The molecule has 1 aromatic carbocycles. The Morgan fingerprint density at radius 1 is 1.32 bits per heavy atom. The van der Waals surface area contributed by atoms with Crippen LogP contribution < -0.4 is 10.9 Å². The molecule has 2 atom stereocenters. The number of amides is 1. The van der Waals surface area contributed by atoms with Crippen LogP contribution in [0.3, 0.4) is 0 Å². The number of aromatic amines is 1. The van der Waals surface area contributed by atoms with Crippen LogP contribution in [-0.2, 0) is 5.75 Å². The minimum absolute atomic E-state index is 0.0684. The molecule has 10 heteroatoms. The predicted molar refractivity (Wildman–Crippen MR) is 117 cm³/mol. The number of hydrogen-bond acceptors (Lipinski definition) is 5. The van der Waals surface area contributed by atoms with Gasteiger partial charge in [0, 0.05) is 23.5 Å². The lowest BCUT2D eigenvalue weighted by Crippen LogP contribution is -2.33. The first-order valence-electron chi connectivity index (χ1n) is 10.6. The molecule has 1 aliphatic heterocycles. The SMILES string of the molecule is O=C(O)N1CC[C@@H](SCc2nc3cc(NC4CCCC4)cc(F)c3c(=O)[nH]2)C[C@H](F)C1. The molecule has 1 amide bonds. The number of nitrogens with one attached hydrogen (secondary N) is 2. The van der Waals surface area contributed by atoms with Gasteiger partial charge in [0.15, 0.2) is 0 Å². The van der Waals surface area contributed by atoms with Gasteiger partial charge in [0.25, 0.3) is 5.56 Å². The van der Waals surface area contributed by atoms with E-state index < -0.39 is 23.6 Å². The number of thioether (sulfide) groups is 1. The molecule has 1 aromatic heterocycles. The number of fused-ring (bicyclic) bond motifs is 1. The summed E-state index contributed by atoms with van der Waals surface area (Å²) in [6.45, 7) is 0.157. The van der Waals surface area contributed by atoms with Gasteiger partial charge in [-0.3, -0.25) is 4.79 Å². The van der Waals surface area contributed by atoms with Crippen LogP contribution >= 0.6 is 11.8 Å². The van der Waals surface area contributed by atoms with Crippen molar-refractivity contribution in [2.45, 2.75) is 61.7 Å². The molecule has 7 nitrogen and oxygen atoms in total. The van der Waals surface area contributed by atoms with Gasteiger partial charge in [0.2, 0.25) is 0 Å². The third-order valence-electron chi connectivity index (χ3n) is 5.92. The lowest BCUT2D eigenvalue weighted by Gasteiger charge is -2.16. The number of aromatic nitrogens is 2. The Kier molecular flexibility index (Phi) is 6.64. The molecule has 0 bridgehead atoms. The standard InChI is InChI=1S/C21H26F2N4O3S/c22-12-7-15(5-6-27(10-12)21(29)30)31-11-18-25-17-9-14(24-13-3-1-2-4-13)8-16(23)19(17)20(28)26-18/h8-9,12-13,15,24H,1-7,10-11H2,(H,29,30)(H,25,26,28)/t12-,15+/m0/s1. The van der Waals surface area contributed by atoms with E-state index in [9.17, 15) is 18.4 Å². The summed E-state index contributed by atoms with van der Waals surface area (Å²) in [6, 6.07) is 3.35. The Hall–Kier alpha value is -2.36. The predicted octanol–water partition coefficient (Wildman–Crippen LogP) is 4.13. The molecule has 2 heterocycles. The van der Waals surface area contributed by atoms with Crippen LogP contribution in [0, 0.1) is 5.82 Å². The number of nitrogens with zero attached hydrogens (tertiary/aromatic N) is 2. The molecule has 1 saturated heterocycles. The molecular formula is C21H26F2N4O3S. The quantitative estimate of drug-likeness (QED) is 0.631. The number of rotatable bonds is 5. The van der Waals surface area contributed by atoms with Crippen molar-refractivity contribution in [2.24, 2.45) is 0 Å². The molecule has 2 aromatic rings. The zero-order valence-corrected chi connectivity index (χ0v) is 17.9. The first kappa shape index (κ1) is 21.9. The van der Waals surface area contributed by atoms with Gasteiger partial charge in [-0.25, -0.2) is 18.6 Å². The van der Waals surface area contributed by atoms with Crippen molar-refractivity contribution in [3.63, 3.8) is 0 Å². The Balaban J connectivity index is 1.48. The highest BCUT2D eigenvalue weighted by molar-refractivity contribution is 7.99. The molecule has 4 rings (SSSR count). The van der Waals surface area contributed by atoms with Crippen molar-refractivity contribution in [2.75, 3.05) is 18.4 Å². The fraction of sp³-hybridized carbons (Fsp3) is 0.571. The second kappa shape index (κ2) is 9.42. The number of alkyl halides is 1. The number of carbonyl (C=O) groups is 1. The number of carboxylic acid groups (broad SMARTS) is 1. The third-order valence-corrected chi connectivity index (χ3v) is 7.26. The van der Waals surface area contributed by atoms with Crippen molar-refractivity contribution in [1.82, 2.24) is 14.9 Å². The van der Waals surface area contributed by atoms with Crippen molar-refractivity contribution >= 4 is 34.4 Å². The van der Waals surface area contributed by atoms with Gasteiger partial charge in [0.05, 0.1) is 17.8 Å². The van der Waals surface area contributed by atoms with Gasteiger partial charge in [0.1, 0.15) is 23.2 Å². The average molecular weight is 453 g/mol. The Morgan fingerprint density at radius 2 is 2.10 bits per heavy atom. The lowest BCUT2D eigenvalue weighted by atomic mass is 10.2. The first-order chi connectivity index (χ1) is 14.9. The summed E-state index contributed by atoms with van der Waals surface area (Å²) in [7, 11) is 0. The van der Waals surface area contributed by atoms with E-state index >= 15 is 0 Å². The van der Waals surface area contributed by atoms with Crippen LogP contribution in [0.25, 0.3) is 10.9 Å². The normalized spacial score (nSPS) is 22.6. The van der Waals surface area contributed by atoms with Crippen molar-refractivity contribution < 1.29 is 18.7 Å². The van der Waals surface area contributed by atoms with Gasteiger partial charge in [-0.05, 0) is 37.8 Å². The number of halogens is 2. The topological polar surface area (TPSA) is 98.3 Å². The zero-order valence-electron chi connectivity index (χ0n) is 17.1. The summed E-state index contributed by atoms with van der Waals surface area (Å²) in [6.07, 6.45) is 2.82. The summed E-state index contributed by atoms with van der Waals surface area (Å²) in [5, 5.41) is 12.3. The van der Waals surface area contributed by atoms with Gasteiger partial charge < -0.3 is 20.3 Å². The van der Waals surface area contributed by atoms with Crippen molar-refractivity contribution in [3.8, 4) is 0 Å². The van der Waals surface area contributed by atoms with Crippen molar-refractivity contribution in [1.29, 1.82) is 0 Å². The molecule has 0 radical (unpaired) electrons. The Labute approximate surface area is 182 Å². The third kappa shape index (κ3) is 5.28. The molecular weight excluding hydrogens is 426 g/mol. The van der Waals surface area contributed by atoms with Crippen molar-refractivity contribution in [3.05, 3.63) is 34.1 Å². The van der Waals surface area contributed by atoms with Gasteiger partial charge in [-0.1, -0.05) is 12.8 Å². The summed E-state index contributed by atoms with van der Waals surface area (Å²) in [5.74, 6) is 0.121. The minimum Gasteiger partial charge on any atom is -0.465 e. The van der Waals surface area contributed by atoms with E-state index in [4.69, 9.17) is 5.11 Å². The van der Waals surface area contributed by atoms with Crippen LogP contribution in [0.4, 0.5) is 19.3 Å². The molecule has 3 N–H and O–H groups in total. The van der Waals surface area contributed by atoms with E-state index in [0.717, 1.165) is 30.6 Å². The van der Waals surface area contributed by atoms with Crippen LogP contribution in [0.1, 0.15) is 44.3 Å². The Morgan fingerprint density at radius 3 is 2.84 bits per heavy atom. The highest BCUT2D eigenvalue weighted by Gasteiger charge is 2.27. The highest BCUT2D eigenvalue weighted by Crippen LogP contribution is 2.28. The highest BCUT2D eigenvalue weighted by atomic mass is 32.2. The molecule has 0 unspecified atom stereocenters. The largest absolute Gasteiger partial charge is 0.465 e. The summed E-state index contributed by atoms with van der Waals surface area (Å²) >= 11 is 1.43. The van der Waals surface area contributed by atoms with E-state index in [2.05, 4.69) is 15.3 Å². The number of H-pyrrole nitrogens is 1. The van der Waals surface area contributed by atoms with Crippen LogP contribution in [0.2, 0.25) is 0 Å². The van der Waals surface area contributed by atoms with Gasteiger partial charge in [-0.15, -0.1) is 0 Å². The second-order valence-electron chi connectivity index (χ2n) is 8.27. The van der Waals surface area contributed by atoms with Crippen LogP contribution in [0.5, 0.6) is 0 Å². The molecule has 168 valence electrons. The van der Waals surface area contributed by atoms with Gasteiger partial charge in [-0.2, -0.15) is 11.8 Å². The smallest absolute Gasteiger partial charge is 0.407 e. The fourth-order valence-electron chi connectivity index (χ4n) is 4.36. The number of benzene rings is 1. The second-order valence-corrected chi connectivity index (χ2v) is 9.56. The van der Waals surface area contributed by atoms with Crippen LogP contribution in [0.15, 0.2) is 16.9 Å². The molecule has 2 aliphatic rings. The summed E-state index contributed by atoms with van der Waals surface area (Å²) in [5.41, 5.74) is 0.374.